The van der Waals surface area contributed by atoms with Crippen molar-refractivity contribution in [2.75, 3.05) is 20.2 Å². The first-order chi connectivity index (χ1) is 12.7. The maximum atomic E-state index is 12.6. The summed E-state index contributed by atoms with van der Waals surface area (Å²) >= 11 is 1.44. The number of benzene rings is 1. The summed E-state index contributed by atoms with van der Waals surface area (Å²) in [6.45, 7) is 8.05. The van der Waals surface area contributed by atoms with Gasteiger partial charge in [0.2, 0.25) is 5.91 Å². The topological polar surface area (TPSA) is 60.2 Å². The summed E-state index contributed by atoms with van der Waals surface area (Å²) in [7, 11) is 1.64. The second-order valence-corrected chi connectivity index (χ2v) is 7.51. The lowest BCUT2D eigenvalue weighted by molar-refractivity contribution is -0.129. The van der Waals surface area contributed by atoms with E-state index in [-0.39, 0.29) is 11.2 Å². The number of ether oxygens (including phenoxy) is 1. The van der Waals surface area contributed by atoms with Gasteiger partial charge in [0.05, 0.1) is 17.9 Å². The minimum atomic E-state index is -0.202. The first kappa shape index (κ1) is 18.5. The Balaban J connectivity index is 1.87. The summed E-state index contributed by atoms with van der Waals surface area (Å²) < 4.78 is 7.43. The number of amides is 1. The standard InChI is InChI=1S/C19H24N4O2S/c1-4-11-23-17(15-9-5-6-10-16(15)25-3)20-21-19(23)26-14(2)18(24)22-12-7-8-13-22/h4-6,9-10,14H,1,7-8,11-13H2,2-3H3/t14-/m1/s1. The molecule has 0 saturated carbocycles. The predicted molar refractivity (Wildman–Crippen MR) is 103 cm³/mol. The molecule has 1 amide bonds. The molecule has 1 aliphatic rings. The van der Waals surface area contributed by atoms with Gasteiger partial charge in [0.25, 0.3) is 0 Å². The van der Waals surface area contributed by atoms with Gasteiger partial charge in [-0.15, -0.1) is 16.8 Å². The fourth-order valence-corrected chi connectivity index (χ4v) is 4.04. The van der Waals surface area contributed by atoms with E-state index < -0.39 is 0 Å². The van der Waals surface area contributed by atoms with Gasteiger partial charge in [-0.1, -0.05) is 30.0 Å². The van der Waals surface area contributed by atoms with Crippen LogP contribution < -0.4 is 4.74 Å². The van der Waals surface area contributed by atoms with Crippen molar-refractivity contribution in [3.05, 3.63) is 36.9 Å². The Morgan fingerprint density at radius 1 is 1.35 bits per heavy atom. The van der Waals surface area contributed by atoms with Gasteiger partial charge in [-0.3, -0.25) is 9.36 Å². The zero-order chi connectivity index (χ0) is 18.5. The Morgan fingerprint density at radius 2 is 2.08 bits per heavy atom. The number of nitrogens with zero attached hydrogens (tertiary/aromatic N) is 4. The normalized spacial score (nSPS) is 15.1. The number of hydrogen-bond acceptors (Lipinski definition) is 5. The molecular weight excluding hydrogens is 348 g/mol. The molecule has 7 heteroatoms. The summed E-state index contributed by atoms with van der Waals surface area (Å²) in [5.41, 5.74) is 0.870. The zero-order valence-electron chi connectivity index (χ0n) is 15.2. The molecule has 1 atom stereocenters. The summed E-state index contributed by atoms with van der Waals surface area (Å²) in [6, 6.07) is 7.71. The molecule has 1 aromatic carbocycles. The maximum absolute atomic E-state index is 12.6. The van der Waals surface area contributed by atoms with E-state index in [1.807, 2.05) is 40.7 Å². The van der Waals surface area contributed by atoms with Crippen molar-refractivity contribution in [3.8, 4) is 17.1 Å². The van der Waals surface area contributed by atoms with Gasteiger partial charge in [-0.25, -0.2) is 0 Å². The van der Waals surface area contributed by atoms with Crippen LogP contribution in [-0.2, 0) is 11.3 Å². The molecule has 1 fully saturated rings. The maximum Gasteiger partial charge on any atom is 0.235 e. The van der Waals surface area contributed by atoms with Crippen molar-refractivity contribution in [1.29, 1.82) is 0 Å². The van der Waals surface area contributed by atoms with Crippen LogP contribution in [0, 0.1) is 0 Å². The number of rotatable bonds is 7. The second-order valence-electron chi connectivity index (χ2n) is 6.20. The summed E-state index contributed by atoms with van der Waals surface area (Å²) in [5, 5.41) is 9.21. The lowest BCUT2D eigenvalue weighted by Crippen LogP contribution is -2.34. The van der Waals surface area contributed by atoms with Gasteiger partial charge < -0.3 is 9.64 Å². The molecule has 1 aliphatic heterocycles. The molecule has 0 aliphatic carbocycles. The van der Waals surface area contributed by atoms with Gasteiger partial charge in [-0.05, 0) is 31.9 Å². The monoisotopic (exact) mass is 372 g/mol. The van der Waals surface area contributed by atoms with E-state index in [4.69, 9.17) is 4.74 Å². The Kier molecular flexibility index (Phi) is 5.98. The fraction of sp³-hybridized carbons (Fsp3) is 0.421. The third-order valence-electron chi connectivity index (χ3n) is 4.42. The minimum Gasteiger partial charge on any atom is -0.496 e. The summed E-state index contributed by atoms with van der Waals surface area (Å²) in [6.07, 6.45) is 3.99. The van der Waals surface area contributed by atoms with Gasteiger partial charge in [0, 0.05) is 19.6 Å². The molecule has 1 saturated heterocycles. The molecule has 2 heterocycles. The highest BCUT2D eigenvalue weighted by molar-refractivity contribution is 8.00. The van der Waals surface area contributed by atoms with Crippen LogP contribution in [-0.4, -0.2) is 51.0 Å². The molecule has 0 bridgehead atoms. The molecule has 26 heavy (non-hydrogen) atoms. The molecular formula is C19H24N4O2S. The Bertz CT molecular complexity index is 784. The highest BCUT2D eigenvalue weighted by atomic mass is 32.2. The molecule has 138 valence electrons. The number of aromatic nitrogens is 3. The van der Waals surface area contributed by atoms with E-state index in [2.05, 4.69) is 16.8 Å². The third kappa shape index (κ3) is 3.77. The molecule has 0 spiro atoms. The SMILES string of the molecule is C=CCn1c(S[C@H](C)C(=O)N2CCCC2)nnc1-c1ccccc1OC. The Hall–Kier alpha value is -2.28. The van der Waals surface area contributed by atoms with E-state index in [0.29, 0.717) is 17.5 Å². The van der Waals surface area contributed by atoms with Crippen LogP contribution in [0.5, 0.6) is 5.75 Å². The number of allylic oxidation sites excluding steroid dienone is 1. The van der Waals surface area contributed by atoms with E-state index in [1.54, 1.807) is 13.2 Å². The molecule has 6 nitrogen and oxygen atoms in total. The van der Waals surface area contributed by atoms with Crippen LogP contribution in [0.4, 0.5) is 0 Å². The van der Waals surface area contributed by atoms with Crippen molar-refractivity contribution >= 4 is 17.7 Å². The zero-order valence-corrected chi connectivity index (χ0v) is 16.0. The van der Waals surface area contributed by atoms with Crippen molar-refractivity contribution < 1.29 is 9.53 Å². The van der Waals surface area contributed by atoms with Crippen molar-refractivity contribution in [1.82, 2.24) is 19.7 Å². The molecule has 0 radical (unpaired) electrons. The van der Waals surface area contributed by atoms with Crippen LogP contribution >= 0.6 is 11.8 Å². The number of thioether (sulfide) groups is 1. The van der Waals surface area contributed by atoms with Crippen LogP contribution in [0.15, 0.2) is 42.1 Å². The van der Waals surface area contributed by atoms with Gasteiger partial charge >= 0.3 is 0 Å². The van der Waals surface area contributed by atoms with Crippen LogP contribution in [0.1, 0.15) is 19.8 Å². The van der Waals surface area contributed by atoms with Crippen LogP contribution in [0.25, 0.3) is 11.4 Å². The quantitative estimate of drug-likeness (QED) is 0.552. The molecule has 1 aromatic heterocycles. The van der Waals surface area contributed by atoms with Crippen LogP contribution in [0.2, 0.25) is 0 Å². The summed E-state index contributed by atoms with van der Waals surface area (Å²) in [5.74, 6) is 1.62. The van der Waals surface area contributed by atoms with E-state index >= 15 is 0 Å². The molecule has 0 unspecified atom stereocenters. The molecule has 2 aromatic rings. The number of methoxy groups -OCH3 is 1. The number of para-hydroxylation sites is 1. The van der Waals surface area contributed by atoms with Crippen molar-refractivity contribution in [2.45, 2.75) is 36.7 Å². The third-order valence-corrected chi connectivity index (χ3v) is 5.49. The Morgan fingerprint density at radius 3 is 2.77 bits per heavy atom. The average molecular weight is 372 g/mol. The van der Waals surface area contributed by atoms with Gasteiger partial charge in [-0.2, -0.15) is 0 Å². The molecule has 3 rings (SSSR count). The van der Waals surface area contributed by atoms with Crippen LogP contribution in [0.3, 0.4) is 0 Å². The minimum absolute atomic E-state index is 0.166. The first-order valence-corrected chi connectivity index (χ1v) is 9.66. The first-order valence-electron chi connectivity index (χ1n) is 8.78. The summed E-state index contributed by atoms with van der Waals surface area (Å²) in [4.78, 5) is 14.5. The highest BCUT2D eigenvalue weighted by Crippen LogP contribution is 2.32. The number of likely N-dealkylation sites (tertiary alicyclic amines) is 1. The fourth-order valence-electron chi connectivity index (χ4n) is 3.10. The predicted octanol–water partition coefficient (Wildman–Crippen LogP) is 3.24. The highest BCUT2D eigenvalue weighted by Gasteiger charge is 2.26. The van der Waals surface area contributed by atoms with E-state index in [1.165, 1.54) is 11.8 Å². The molecule has 0 N–H and O–H groups in total. The smallest absolute Gasteiger partial charge is 0.235 e. The van der Waals surface area contributed by atoms with E-state index in [9.17, 15) is 4.79 Å². The van der Waals surface area contributed by atoms with E-state index in [0.717, 1.165) is 37.2 Å². The lowest BCUT2D eigenvalue weighted by Gasteiger charge is -2.19. The number of hydrogen-bond donors (Lipinski definition) is 0. The number of carbonyl (C=O) groups excluding carboxylic acids is 1. The van der Waals surface area contributed by atoms with Crippen molar-refractivity contribution in [3.63, 3.8) is 0 Å². The second kappa shape index (κ2) is 8.40. The average Bonchev–Trinajstić information content (AvgIpc) is 3.32. The van der Waals surface area contributed by atoms with Gasteiger partial charge in [0.15, 0.2) is 11.0 Å². The largest absolute Gasteiger partial charge is 0.496 e. The number of carbonyl (C=O) groups is 1. The lowest BCUT2D eigenvalue weighted by atomic mass is 10.2. The van der Waals surface area contributed by atoms with Gasteiger partial charge in [0.1, 0.15) is 5.75 Å². The Labute approximate surface area is 158 Å². The van der Waals surface area contributed by atoms with Crippen molar-refractivity contribution in [2.24, 2.45) is 0 Å².